The highest BCUT2D eigenvalue weighted by atomic mass is 16.4. The number of nitrogens with zero attached hydrogens (tertiary/aromatic N) is 1. The number of benzene rings is 1. The Kier molecular flexibility index (Phi) is 4.37. The summed E-state index contributed by atoms with van der Waals surface area (Å²) in [6, 6.07) is 10.3. The number of carboxylic acid groups (broad SMARTS) is 1. The van der Waals surface area contributed by atoms with E-state index in [2.05, 4.69) is 24.0 Å². The molecule has 1 aliphatic heterocycles. The van der Waals surface area contributed by atoms with Crippen LogP contribution in [0.5, 0.6) is 0 Å². The van der Waals surface area contributed by atoms with Crippen molar-refractivity contribution in [3.05, 3.63) is 35.9 Å². The number of aliphatic carboxylic acids is 1. The maximum Gasteiger partial charge on any atom is 0.320 e. The van der Waals surface area contributed by atoms with E-state index < -0.39 is 5.97 Å². The van der Waals surface area contributed by atoms with Gasteiger partial charge in [0.25, 0.3) is 0 Å². The van der Waals surface area contributed by atoms with Crippen molar-refractivity contribution in [2.45, 2.75) is 44.7 Å². The molecule has 1 fully saturated rings. The van der Waals surface area contributed by atoms with Crippen molar-refractivity contribution in [1.82, 2.24) is 4.90 Å². The van der Waals surface area contributed by atoms with Crippen LogP contribution < -0.4 is 0 Å². The molecular formula is C15H21NO2. The molecule has 1 aromatic rings. The zero-order valence-electron chi connectivity index (χ0n) is 10.9. The maximum atomic E-state index is 11.3. The van der Waals surface area contributed by atoms with Gasteiger partial charge in [-0.1, -0.05) is 36.8 Å². The smallest absolute Gasteiger partial charge is 0.320 e. The van der Waals surface area contributed by atoms with Crippen LogP contribution in [0.1, 0.15) is 31.7 Å². The Labute approximate surface area is 108 Å². The SMILES string of the molecule is CC(Cc1ccccc1)N1CCCCC1C(=O)O. The minimum absolute atomic E-state index is 0.286. The van der Waals surface area contributed by atoms with E-state index in [0.29, 0.717) is 0 Å². The molecule has 1 aliphatic rings. The fraction of sp³-hybridized carbons (Fsp3) is 0.533. The zero-order chi connectivity index (χ0) is 13.0. The average molecular weight is 247 g/mol. The molecular weight excluding hydrogens is 226 g/mol. The van der Waals surface area contributed by atoms with Crippen molar-refractivity contribution in [1.29, 1.82) is 0 Å². The largest absolute Gasteiger partial charge is 0.480 e. The Bertz CT molecular complexity index is 391. The van der Waals surface area contributed by atoms with Crippen LogP contribution >= 0.6 is 0 Å². The fourth-order valence-corrected chi connectivity index (χ4v) is 2.82. The fourth-order valence-electron chi connectivity index (χ4n) is 2.82. The third-order valence-electron chi connectivity index (χ3n) is 3.77. The van der Waals surface area contributed by atoms with Gasteiger partial charge in [-0.05, 0) is 38.3 Å². The summed E-state index contributed by atoms with van der Waals surface area (Å²) in [7, 11) is 0. The molecule has 1 N–H and O–H groups in total. The normalized spacial score (nSPS) is 22.6. The molecule has 1 heterocycles. The molecule has 3 heteroatoms. The van der Waals surface area contributed by atoms with Gasteiger partial charge in [-0.15, -0.1) is 0 Å². The van der Waals surface area contributed by atoms with Gasteiger partial charge in [0.15, 0.2) is 0 Å². The van der Waals surface area contributed by atoms with Crippen molar-refractivity contribution in [3.8, 4) is 0 Å². The third-order valence-corrected chi connectivity index (χ3v) is 3.77. The molecule has 1 saturated heterocycles. The number of hydrogen-bond donors (Lipinski definition) is 1. The Morgan fingerprint density at radius 1 is 1.39 bits per heavy atom. The second kappa shape index (κ2) is 6.01. The van der Waals surface area contributed by atoms with Crippen molar-refractivity contribution in [2.24, 2.45) is 0 Å². The molecule has 3 nitrogen and oxygen atoms in total. The molecule has 2 atom stereocenters. The lowest BCUT2D eigenvalue weighted by molar-refractivity contribution is -0.145. The minimum atomic E-state index is -0.672. The summed E-state index contributed by atoms with van der Waals surface area (Å²) in [6.45, 7) is 3.04. The second-order valence-corrected chi connectivity index (χ2v) is 5.13. The summed E-state index contributed by atoms with van der Waals surface area (Å²) in [6.07, 6.45) is 3.85. The number of carboxylic acids is 1. The van der Waals surface area contributed by atoms with Gasteiger partial charge in [0, 0.05) is 6.04 Å². The summed E-state index contributed by atoms with van der Waals surface area (Å²) in [5.74, 6) is -0.672. The summed E-state index contributed by atoms with van der Waals surface area (Å²) < 4.78 is 0. The molecule has 0 aromatic heterocycles. The Balaban J connectivity index is 2.02. The number of hydrogen-bond acceptors (Lipinski definition) is 2. The van der Waals surface area contributed by atoms with Crippen LogP contribution in [0.25, 0.3) is 0 Å². The Morgan fingerprint density at radius 3 is 2.78 bits per heavy atom. The lowest BCUT2D eigenvalue weighted by atomic mass is 9.97. The number of carbonyl (C=O) groups is 1. The Hall–Kier alpha value is -1.35. The summed E-state index contributed by atoms with van der Waals surface area (Å²) in [5, 5.41) is 9.28. The molecule has 98 valence electrons. The first-order valence-electron chi connectivity index (χ1n) is 6.71. The lowest BCUT2D eigenvalue weighted by Crippen LogP contribution is -2.49. The summed E-state index contributed by atoms with van der Waals surface area (Å²) in [4.78, 5) is 13.4. The van der Waals surface area contributed by atoms with Crippen LogP contribution in [0.2, 0.25) is 0 Å². The van der Waals surface area contributed by atoms with Crippen LogP contribution in [0.15, 0.2) is 30.3 Å². The van der Waals surface area contributed by atoms with E-state index in [1.165, 1.54) is 5.56 Å². The van der Waals surface area contributed by atoms with Gasteiger partial charge >= 0.3 is 5.97 Å². The van der Waals surface area contributed by atoms with E-state index >= 15 is 0 Å². The van der Waals surface area contributed by atoms with E-state index in [0.717, 1.165) is 32.2 Å². The lowest BCUT2D eigenvalue weighted by Gasteiger charge is -2.37. The summed E-state index contributed by atoms with van der Waals surface area (Å²) in [5.41, 5.74) is 1.28. The van der Waals surface area contributed by atoms with Crippen LogP contribution in [0.3, 0.4) is 0 Å². The maximum absolute atomic E-state index is 11.3. The average Bonchev–Trinajstić information content (AvgIpc) is 2.40. The summed E-state index contributed by atoms with van der Waals surface area (Å²) >= 11 is 0. The van der Waals surface area contributed by atoms with Crippen LogP contribution in [-0.4, -0.2) is 34.6 Å². The minimum Gasteiger partial charge on any atom is -0.480 e. The first-order valence-corrected chi connectivity index (χ1v) is 6.71. The van der Waals surface area contributed by atoms with Crippen molar-refractivity contribution in [3.63, 3.8) is 0 Å². The second-order valence-electron chi connectivity index (χ2n) is 5.13. The van der Waals surface area contributed by atoms with Crippen molar-refractivity contribution >= 4 is 5.97 Å². The van der Waals surface area contributed by atoms with Gasteiger partial charge in [0.2, 0.25) is 0 Å². The van der Waals surface area contributed by atoms with Gasteiger partial charge in [0.05, 0.1) is 0 Å². The quantitative estimate of drug-likeness (QED) is 0.889. The van der Waals surface area contributed by atoms with Gasteiger partial charge in [-0.25, -0.2) is 0 Å². The van der Waals surface area contributed by atoms with Gasteiger partial charge in [0.1, 0.15) is 6.04 Å². The van der Waals surface area contributed by atoms with E-state index in [-0.39, 0.29) is 12.1 Å². The highest BCUT2D eigenvalue weighted by Gasteiger charge is 2.31. The molecule has 0 bridgehead atoms. The van der Waals surface area contributed by atoms with Crippen molar-refractivity contribution in [2.75, 3.05) is 6.54 Å². The highest BCUT2D eigenvalue weighted by molar-refractivity contribution is 5.73. The number of rotatable bonds is 4. The molecule has 2 unspecified atom stereocenters. The van der Waals surface area contributed by atoms with Gasteiger partial charge < -0.3 is 5.11 Å². The molecule has 1 aromatic carbocycles. The highest BCUT2D eigenvalue weighted by Crippen LogP contribution is 2.21. The van der Waals surface area contributed by atoms with Crippen LogP contribution in [0.4, 0.5) is 0 Å². The molecule has 0 saturated carbocycles. The van der Waals surface area contributed by atoms with Crippen molar-refractivity contribution < 1.29 is 9.90 Å². The topological polar surface area (TPSA) is 40.5 Å². The van der Waals surface area contributed by atoms with E-state index in [1.54, 1.807) is 0 Å². The molecule has 2 rings (SSSR count). The molecule has 0 spiro atoms. The van der Waals surface area contributed by atoms with E-state index in [4.69, 9.17) is 0 Å². The van der Waals surface area contributed by atoms with Crippen LogP contribution in [0, 0.1) is 0 Å². The Morgan fingerprint density at radius 2 is 2.11 bits per heavy atom. The van der Waals surface area contributed by atoms with E-state index in [9.17, 15) is 9.90 Å². The molecule has 0 radical (unpaired) electrons. The third kappa shape index (κ3) is 3.10. The standard InChI is InChI=1S/C15H21NO2/c1-12(11-13-7-3-2-4-8-13)16-10-6-5-9-14(16)15(17)18/h2-4,7-8,12,14H,5-6,9-11H2,1H3,(H,17,18). The molecule has 0 aliphatic carbocycles. The zero-order valence-corrected chi connectivity index (χ0v) is 10.9. The van der Waals surface area contributed by atoms with Crippen LogP contribution in [-0.2, 0) is 11.2 Å². The monoisotopic (exact) mass is 247 g/mol. The molecule has 0 amide bonds. The van der Waals surface area contributed by atoms with Gasteiger partial charge in [-0.3, -0.25) is 9.69 Å². The predicted octanol–water partition coefficient (Wildman–Crippen LogP) is 2.56. The number of likely N-dealkylation sites (tertiary alicyclic amines) is 1. The first kappa shape index (κ1) is 13.1. The van der Waals surface area contributed by atoms with E-state index in [1.807, 2.05) is 18.2 Å². The first-order chi connectivity index (χ1) is 8.68. The van der Waals surface area contributed by atoms with Gasteiger partial charge in [-0.2, -0.15) is 0 Å². The number of piperidine rings is 1. The predicted molar refractivity (Wildman–Crippen MR) is 71.6 cm³/mol. The molecule has 18 heavy (non-hydrogen) atoms.